The molecule has 1 atom stereocenters. The van der Waals surface area contributed by atoms with E-state index in [-0.39, 0.29) is 18.3 Å². The van der Waals surface area contributed by atoms with E-state index < -0.39 is 6.04 Å². The Hall–Kier alpha value is -2.44. The van der Waals surface area contributed by atoms with E-state index in [4.69, 9.17) is 10.5 Å². The Bertz CT molecular complexity index is 676. The molecule has 0 saturated carbocycles. The smallest absolute Gasteiger partial charge is 0.235 e. The first-order valence-electron chi connectivity index (χ1n) is 7.68. The normalized spacial score (nSPS) is 12.2. The van der Waals surface area contributed by atoms with Crippen LogP contribution in [0.4, 0.5) is 4.39 Å². The largest absolute Gasteiger partial charge is 0.489 e. The number of carbonyl (C=O) groups excluding carboxylic acids is 1. The maximum absolute atomic E-state index is 13.5. The van der Waals surface area contributed by atoms with Crippen LogP contribution in [0, 0.1) is 5.82 Å². The van der Waals surface area contributed by atoms with Gasteiger partial charge in [-0.1, -0.05) is 30.3 Å². The summed E-state index contributed by atoms with van der Waals surface area (Å²) in [5, 5.41) is 1.67. The molecule has 1 unspecified atom stereocenters. The van der Waals surface area contributed by atoms with Gasteiger partial charge in [-0.3, -0.25) is 10.2 Å². The van der Waals surface area contributed by atoms with Gasteiger partial charge in [-0.2, -0.15) is 0 Å². The summed E-state index contributed by atoms with van der Waals surface area (Å²) in [6, 6.07) is 13.6. The zero-order valence-electron chi connectivity index (χ0n) is 13.8. The molecular formula is C18H22FN3O2. The Labute approximate surface area is 141 Å². The van der Waals surface area contributed by atoms with Crippen LogP contribution in [0.25, 0.3) is 0 Å². The molecule has 0 saturated heterocycles. The average Bonchev–Trinajstić information content (AvgIpc) is 2.59. The summed E-state index contributed by atoms with van der Waals surface area (Å²) in [7, 11) is 1.77. The second-order valence-electron chi connectivity index (χ2n) is 5.55. The summed E-state index contributed by atoms with van der Waals surface area (Å²) in [4.78, 5) is 11.1. The van der Waals surface area contributed by atoms with Crippen molar-refractivity contribution in [2.24, 2.45) is 5.73 Å². The highest BCUT2D eigenvalue weighted by molar-refractivity contribution is 5.79. The number of primary amides is 1. The van der Waals surface area contributed by atoms with Gasteiger partial charge in [0.05, 0.1) is 6.04 Å². The zero-order valence-corrected chi connectivity index (χ0v) is 13.8. The molecule has 2 aromatic rings. The predicted molar refractivity (Wildman–Crippen MR) is 90.4 cm³/mol. The summed E-state index contributed by atoms with van der Waals surface area (Å²) in [6.45, 7) is 2.47. The fraction of sp³-hybridized carbons (Fsp3) is 0.278. The lowest BCUT2D eigenvalue weighted by Gasteiger charge is -2.22. The van der Waals surface area contributed by atoms with Gasteiger partial charge in [0.15, 0.2) is 0 Å². The van der Waals surface area contributed by atoms with Crippen molar-refractivity contribution in [3.63, 3.8) is 0 Å². The van der Waals surface area contributed by atoms with Gasteiger partial charge in [-0.05, 0) is 30.7 Å². The maximum Gasteiger partial charge on any atom is 0.235 e. The van der Waals surface area contributed by atoms with Crippen LogP contribution in [0.2, 0.25) is 0 Å². The first kappa shape index (κ1) is 17.9. The lowest BCUT2D eigenvalue weighted by Crippen LogP contribution is -2.47. The molecule has 2 aromatic carbocycles. The van der Waals surface area contributed by atoms with Gasteiger partial charge in [-0.25, -0.2) is 9.40 Å². The van der Waals surface area contributed by atoms with Gasteiger partial charge < -0.3 is 10.5 Å². The molecule has 0 spiro atoms. The molecule has 0 aromatic heterocycles. The van der Waals surface area contributed by atoms with E-state index in [1.807, 2.05) is 24.3 Å². The van der Waals surface area contributed by atoms with Gasteiger partial charge in [0.25, 0.3) is 0 Å². The van der Waals surface area contributed by atoms with E-state index in [9.17, 15) is 9.18 Å². The van der Waals surface area contributed by atoms with Crippen LogP contribution in [0.15, 0.2) is 48.5 Å². The second kappa shape index (κ2) is 8.42. The summed E-state index contributed by atoms with van der Waals surface area (Å²) in [6.07, 6.45) is 0. The number of hydrazine groups is 1. The van der Waals surface area contributed by atoms with Crippen molar-refractivity contribution >= 4 is 5.91 Å². The number of ether oxygens (including phenoxy) is 1. The van der Waals surface area contributed by atoms with E-state index in [1.54, 1.807) is 37.2 Å². The van der Waals surface area contributed by atoms with E-state index in [0.29, 0.717) is 17.9 Å². The topological polar surface area (TPSA) is 67.6 Å². The van der Waals surface area contributed by atoms with E-state index in [2.05, 4.69) is 5.43 Å². The highest BCUT2D eigenvalue weighted by atomic mass is 19.1. The second-order valence-corrected chi connectivity index (χ2v) is 5.55. The number of likely N-dealkylation sites (N-methyl/N-ethyl adjacent to an activating group) is 1. The van der Waals surface area contributed by atoms with Crippen LogP contribution >= 0.6 is 0 Å². The Morgan fingerprint density at radius 2 is 1.92 bits per heavy atom. The van der Waals surface area contributed by atoms with Crippen molar-refractivity contribution in [3.8, 4) is 5.75 Å². The number of rotatable bonds is 8. The van der Waals surface area contributed by atoms with Gasteiger partial charge in [-0.15, -0.1) is 0 Å². The molecule has 0 bridgehead atoms. The number of halogens is 1. The van der Waals surface area contributed by atoms with E-state index >= 15 is 0 Å². The van der Waals surface area contributed by atoms with Crippen LogP contribution in [0.3, 0.4) is 0 Å². The van der Waals surface area contributed by atoms with Crippen LogP contribution in [-0.4, -0.2) is 24.0 Å². The lowest BCUT2D eigenvalue weighted by molar-refractivity contribution is -0.123. The predicted octanol–water partition coefficient (Wildman–Crippen LogP) is 2.21. The molecular weight excluding hydrogens is 309 g/mol. The highest BCUT2D eigenvalue weighted by Crippen LogP contribution is 2.15. The van der Waals surface area contributed by atoms with Crippen molar-refractivity contribution in [2.75, 3.05) is 7.05 Å². The van der Waals surface area contributed by atoms with Crippen LogP contribution in [0.5, 0.6) is 5.75 Å². The number of nitrogens with one attached hydrogen (secondary N) is 1. The molecule has 6 heteroatoms. The van der Waals surface area contributed by atoms with Crippen molar-refractivity contribution in [1.82, 2.24) is 10.4 Å². The first-order chi connectivity index (χ1) is 11.5. The Morgan fingerprint density at radius 3 is 2.54 bits per heavy atom. The first-order valence-corrected chi connectivity index (χ1v) is 7.68. The number of nitrogens with two attached hydrogens (primary N) is 1. The summed E-state index contributed by atoms with van der Waals surface area (Å²) in [5.74, 6) is 0.00711. The summed E-state index contributed by atoms with van der Waals surface area (Å²) < 4.78 is 19.1. The van der Waals surface area contributed by atoms with Crippen molar-refractivity contribution in [2.45, 2.75) is 26.1 Å². The van der Waals surface area contributed by atoms with Crippen molar-refractivity contribution in [3.05, 3.63) is 65.5 Å². The molecule has 0 aliphatic rings. The Kier molecular flexibility index (Phi) is 6.28. The molecule has 3 N–H and O–H groups in total. The van der Waals surface area contributed by atoms with Crippen LogP contribution in [0.1, 0.15) is 18.1 Å². The number of benzene rings is 2. The van der Waals surface area contributed by atoms with Crippen LogP contribution in [-0.2, 0) is 17.9 Å². The molecule has 0 aliphatic carbocycles. The maximum atomic E-state index is 13.5. The minimum atomic E-state index is -0.395. The minimum Gasteiger partial charge on any atom is -0.489 e. The van der Waals surface area contributed by atoms with Gasteiger partial charge in [0, 0.05) is 19.2 Å². The van der Waals surface area contributed by atoms with Crippen LogP contribution < -0.4 is 15.9 Å². The molecule has 0 heterocycles. The quantitative estimate of drug-likeness (QED) is 0.728. The molecule has 24 heavy (non-hydrogen) atoms. The average molecular weight is 331 g/mol. The fourth-order valence-electron chi connectivity index (χ4n) is 2.02. The molecule has 0 fully saturated rings. The third kappa shape index (κ3) is 5.04. The minimum absolute atomic E-state index is 0.184. The molecule has 1 amide bonds. The van der Waals surface area contributed by atoms with Gasteiger partial charge in [0.1, 0.15) is 18.2 Å². The highest BCUT2D eigenvalue weighted by Gasteiger charge is 2.13. The summed E-state index contributed by atoms with van der Waals surface area (Å²) >= 11 is 0. The lowest BCUT2D eigenvalue weighted by atomic mass is 10.2. The zero-order chi connectivity index (χ0) is 17.5. The van der Waals surface area contributed by atoms with E-state index in [1.165, 1.54) is 6.07 Å². The van der Waals surface area contributed by atoms with E-state index in [0.717, 1.165) is 5.56 Å². The number of nitrogens with zero attached hydrogens (tertiary/aromatic N) is 1. The number of hydrogen-bond donors (Lipinski definition) is 2. The molecule has 128 valence electrons. The third-order valence-corrected chi connectivity index (χ3v) is 3.80. The van der Waals surface area contributed by atoms with Crippen molar-refractivity contribution < 1.29 is 13.9 Å². The monoisotopic (exact) mass is 331 g/mol. The standard InChI is InChI=1S/C18H22FN3O2/c1-13(18(20)23)22(2)21-11-14-7-9-16(10-8-14)24-12-15-5-3-4-6-17(15)19/h3-10,13,21H,11-12H2,1-2H3,(H2,20,23). The molecule has 0 radical (unpaired) electrons. The fourth-order valence-corrected chi connectivity index (χ4v) is 2.02. The third-order valence-electron chi connectivity index (χ3n) is 3.80. The Balaban J connectivity index is 1.84. The molecule has 5 nitrogen and oxygen atoms in total. The summed E-state index contributed by atoms with van der Waals surface area (Å²) in [5.41, 5.74) is 9.90. The number of amides is 1. The number of carbonyl (C=O) groups is 1. The Morgan fingerprint density at radius 1 is 1.25 bits per heavy atom. The molecule has 0 aliphatic heterocycles. The SMILES string of the molecule is CC(C(N)=O)N(C)NCc1ccc(OCc2ccccc2F)cc1. The van der Waals surface area contributed by atoms with Crippen molar-refractivity contribution in [1.29, 1.82) is 0 Å². The number of hydrogen-bond acceptors (Lipinski definition) is 4. The molecule has 2 rings (SSSR count). The van der Waals surface area contributed by atoms with Gasteiger partial charge >= 0.3 is 0 Å². The van der Waals surface area contributed by atoms with Gasteiger partial charge in [0.2, 0.25) is 5.91 Å².